The maximum absolute atomic E-state index is 14.9. The Morgan fingerprint density at radius 1 is 1.10 bits per heavy atom. The van der Waals surface area contributed by atoms with Crippen LogP contribution in [0.15, 0.2) is 48.8 Å². The fourth-order valence-electron chi connectivity index (χ4n) is 4.20. The lowest BCUT2D eigenvalue weighted by molar-refractivity contribution is -0.129. The zero-order chi connectivity index (χ0) is 21.5. The summed E-state index contributed by atoms with van der Waals surface area (Å²) >= 11 is 0. The van der Waals surface area contributed by atoms with Crippen molar-refractivity contribution in [2.24, 2.45) is 0 Å². The summed E-state index contributed by atoms with van der Waals surface area (Å²) in [6.45, 7) is 6.37. The van der Waals surface area contributed by atoms with E-state index in [-0.39, 0.29) is 17.6 Å². The minimum Gasteiger partial charge on any atom is -0.352 e. The second kappa shape index (κ2) is 7.61. The van der Waals surface area contributed by atoms with Gasteiger partial charge in [-0.15, -0.1) is 5.10 Å². The third-order valence-corrected chi connectivity index (χ3v) is 6.06. The van der Waals surface area contributed by atoms with E-state index in [0.717, 1.165) is 35.6 Å². The van der Waals surface area contributed by atoms with Crippen LogP contribution in [0.25, 0.3) is 16.6 Å². The van der Waals surface area contributed by atoms with Gasteiger partial charge in [-0.25, -0.2) is 13.9 Å². The molecule has 1 aliphatic rings. The van der Waals surface area contributed by atoms with Gasteiger partial charge in [-0.2, -0.15) is 0 Å². The van der Waals surface area contributed by atoms with Crippen LogP contribution in [0.5, 0.6) is 0 Å². The molecule has 0 N–H and O–H groups in total. The molecule has 0 spiro atoms. The topological polar surface area (TPSA) is 66.6 Å². The van der Waals surface area contributed by atoms with Gasteiger partial charge in [0.25, 0.3) is 0 Å². The molecule has 1 aliphatic heterocycles. The third kappa shape index (κ3) is 3.48. The van der Waals surface area contributed by atoms with Crippen molar-refractivity contribution in [1.82, 2.24) is 24.5 Å². The molecule has 1 saturated heterocycles. The number of aromatic nitrogens is 4. The molecule has 8 heteroatoms. The lowest BCUT2D eigenvalue weighted by Crippen LogP contribution is -2.48. The molecule has 5 rings (SSSR count). The predicted molar refractivity (Wildman–Crippen MR) is 117 cm³/mol. The Kier molecular flexibility index (Phi) is 4.77. The number of hydrogen-bond acceptors (Lipinski definition) is 5. The van der Waals surface area contributed by atoms with Gasteiger partial charge in [0, 0.05) is 56.7 Å². The van der Waals surface area contributed by atoms with E-state index in [1.54, 1.807) is 23.8 Å². The van der Waals surface area contributed by atoms with Crippen molar-refractivity contribution in [3.05, 3.63) is 65.9 Å². The molecule has 31 heavy (non-hydrogen) atoms. The van der Waals surface area contributed by atoms with Crippen molar-refractivity contribution in [3.63, 3.8) is 0 Å². The Bertz CT molecular complexity index is 1280. The van der Waals surface area contributed by atoms with Crippen LogP contribution >= 0.6 is 0 Å². The minimum absolute atomic E-state index is 0.0985. The Morgan fingerprint density at radius 3 is 2.68 bits per heavy atom. The van der Waals surface area contributed by atoms with Crippen LogP contribution in [0.1, 0.15) is 31.0 Å². The number of anilines is 1. The summed E-state index contributed by atoms with van der Waals surface area (Å²) < 4.78 is 16.7. The lowest BCUT2D eigenvalue weighted by Gasteiger charge is -2.34. The Hall–Kier alpha value is -3.55. The fraction of sp³-hybridized carbons (Fsp3) is 0.304. The van der Waals surface area contributed by atoms with Gasteiger partial charge in [0.2, 0.25) is 5.91 Å². The van der Waals surface area contributed by atoms with Gasteiger partial charge in [-0.3, -0.25) is 9.78 Å². The van der Waals surface area contributed by atoms with Gasteiger partial charge in [0.1, 0.15) is 11.6 Å². The maximum atomic E-state index is 14.9. The van der Waals surface area contributed by atoms with Gasteiger partial charge >= 0.3 is 0 Å². The highest BCUT2D eigenvalue weighted by molar-refractivity contribution is 5.79. The molecular weight excluding hydrogens is 395 g/mol. The zero-order valence-corrected chi connectivity index (χ0v) is 17.5. The highest BCUT2D eigenvalue weighted by Gasteiger charge is 2.22. The molecule has 1 unspecified atom stereocenters. The fourth-order valence-corrected chi connectivity index (χ4v) is 4.20. The summed E-state index contributed by atoms with van der Waals surface area (Å²) in [6, 6.07) is 11.0. The summed E-state index contributed by atoms with van der Waals surface area (Å²) in [5.74, 6) is 0.397. The van der Waals surface area contributed by atoms with Crippen molar-refractivity contribution in [1.29, 1.82) is 0 Å². The maximum Gasteiger partial charge on any atom is 0.219 e. The molecule has 1 amide bonds. The van der Waals surface area contributed by atoms with E-state index in [2.05, 4.69) is 14.9 Å². The normalized spacial score (nSPS) is 15.6. The van der Waals surface area contributed by atoms with E-state index in [1.165, 1.54) is 6.07 Å². The van der Waals surface area contributed by atoms with Crippen molar-refractivity contribution >= 4 is 28.3 Å². The Morgan fingerprint density at radius 2 is 1.90 bits per heavy atom. The van der Waals surface area contributed by atoms with E-state index < -0.39 is 0 Å². The molecule has 1 atom stereocenters. The highest BCUT2D eigenvalue weighted by Crippen LogP contribution is 2.30. The van der Waals surface area contributed by atoms with Crippen LogP contribution in [-0.4, -0.2) is 56.6 Å². The monoisotopic (exact) mass is 418 g/mol. The quantitative estimate of drug-likeness (QED) is 0.511. The van der Waals surface area contributed by atoms with E-state index in [4.69, 9.17) is 5.10 Å². The standard InChI is InChI=1S/C23H23FN6O/c1-15(18-12-17-4-3-7-25-20(17)13-19(18)24)21-14-26-22-5-6-23(27-30(21)22)29-10-8-28(9-11-29)16(2)31/h3-7,12-15H,8-11H2,1-2H3. The number of halogens is 1. The SMILES string of the molecule is CC(=O)N1CCN(c2ccc3ncc(C(C)c4cc5cccnc5cc4F)n3n2)CC1. The Labute approximate surface area is 179 Å². The second-order valence-corrected chi connectivity index (χ2v) is 7.93. The first-order chi connectivity index (χ1) is 15.0. The van der Waals surface area contributed by atoms with E-state index in [9.17, 15) is 9.18 Å². The average Bonchev–Trinajstić information content (AvgIpc) is 3.21. The molecule has 7 nitrogen and oxygen atoms in total. The van der Waals surface area contributed by atoms with Crippen molar-refractivity contribution in [2.45, 2.75) is 19.8 Å². The number of pyridine rings is 1. The van der Waals surface area contributed by atoms with Crippen LogP contribution in [0.4, 0.5) is 10.2 Å². The Balaban J connectivity index is 1.49. The van der Waals surface area contributed by atoms with Crippen molar-refractivity contribution in [3.8, 4) is 0 Å². The number of hydrogen-bond donors (Lipinski definition) is 0. The van der Waals surface area contributed by atoms with E-state index in [1.807, 2.05) is 42.2 Å². The number of nitrogens with zero attached hydrogens (tertiary/aromatic N) is 6. The average molecular weight is 418 g/mol. The van der Waals surface area contributed by atoms with Gasteiger partial charge < -0.3 is 9.80 Å². The molecule has 4 heterocycles. The molecule has 0 saturated carbocycles. The van der Waals surface area contributed by atoms with Crippen molar-refractivity contribution in [2.75, 3.05) is 31.1 Å². The lowest BCUT2D eigenvalue weighted by atomic mass is 9.96. The van der Waals surface area contributed by atoms with Crippen LogP contribution in [0.2, 0.25) is 0 Å². The molecule has 0 radical (unpaired) electrons. The molecular formula is C23H23FN6O. The van der Waals surface area contributed by atoms with Gasteiger partial charge in [0.05, 0.1) is 17.4 Å². The van der Waals surface area contributed by atoms with Crippen LogP contribution in [0, 0.1) is 5.82 Å². The molecule has 4 aromatic rings. The van der Waals surface area contributed by atoms with Crippen LogP contribution in [0.3, 0.4) is 0 Å². The third-order valence-electron chi connectivity index (χ3n) is 6.06. The second-order valence-electron chi connectivity index (χ2n) is 7.93. The number of imidazole rings is 1. The summed E-state index contributed by atoms with van der Waals surface area (Å²) in [6.07, 6.45) is 3.42. The zero-order valence-electron chi connectivity index (χ0n) is 17.5. The summed E-state index contributed by atoms with van der Waals surface area (Å²) in [4.78, 5) is 24.3. The van der Waals surface area contributed by atoms with Crippen LogP contribution < -0.4 is 4.90 Å². The number of carbonyl (C=O) groups is 1. The predicted octanol–water partition coefficient (Wildman–Crippen LogP) is 3.24. The highest BCUT2D eigenvalue weighted by atomic mass is 19.1. The smallest absolute Gasteiger partial charge is 0.219 e. The number of fused-ring (bicyclic) bond motifs is 2. The van der Waals surface area contributed by atoms with Crippen molar-refractivity contribution < 1.29 is 9.18 Å². The summed E-state index contributed by atoms with van der Waals surface area (Å²) in [7, 11) is 0. The van der Waals surface area contributed by atoms with E-state index >= 15 is 0 Å². The largest absolute Gasteiger partial charge is 0.352 e. The van der Waals surface area contributed by atoms with Gasteiger partial charge in [-0.1, -0.05) is 13.0 Å². The molecule has 3 aromatic heterocycles. The molecule has 1 fully saturated rings. The summed E-state index contributed by atoms with van der Waals surface area (Å²) in [5.41, 5.74) is 2.76. The summed E-state index contributed by atoms with van der Waals surface area (Å²) in [5, 5.41) is 5.71. The molecule has 1 aromatic carbocycles. The number of rotatable bonds is 3. The first kappa shape index (κ1) is 19.4. The first-order valence-corrected chi connectivity index (χ1v) is 10.4. The van der Waals surface area contributed by atoms with Crippen LogP contribution in [-0.2, 0) is 4.79 Å². The molecule has 0 aliphatic carbocycles. The number of benzene rings is 1. The molecule has 158 valence electrons. The molecule has 0 bridgehead atoms. The number of amides is 1. The van der Waals surface area contributed by atoms with Gasteiger partial charge in [0.15, 0.2) is 5.65 Å². The minimum atomic E-state index is -0.287. The first-order valence-electron chi connectivity index (χ1n) is 10.4. The van der Waals surface area contributed by atoms with E-state index in [0.29, 0.717) is 24.2 Å². The number of carbonyl (C=O) groups excluding carboxylic acids is 1. The number of piperazine rings is 1. The van der Waals surface area contributed by atoms with Gasteiger partial charge in [-0.05, 0) is 29.8 Å².